The lowest BCUT2D eigenvalue weighted by Crippen LogP contribution is -2.27. The van der Waals surface area contributed by atoms with Crippen molar-refractivity contribution in [3.63, 3.8) is 0 Å². The van der Waals surface area contributed by atoms with Crippen LogP contribution in [-0.4, -0.2) is 38.1 Å². The molecule has 1 heterocycles. The number of hydrogen-bond donors (Lipinski definition) is 0. The lowest BCUT2D eigenvalue weighted by Gasteiger charge is -2.17. The zero-order chi connectivity index (χ0) is 16.9. The fraction of sp³-hybridized carbons (Fsp3) is 0.176. The summed E-state index contributed by atoms with van der Waals surface area (Å²) in [6.07, 6.45) is 1.79. The molecule has 0 bridgehead atoms. The van der Waals surface area contributed by atoms with Gasteiger partial charge in [-0.15, -0.1) is 5.10 Å². The highest BCUT2D eigenvalue weighted by molar-refractivity contribution is 5.78. The lowest BCUT2D eigenvalue weighted by molar-refractivity contribution is -0.129. The molecule has 3 aromatic rings. The van der Waals surface area contributed by atoms with Crippen LogP contribution in [0.4, 0.5) is 4.39 Å². The summed E-state index contributed by atoms with van der Waals surface area (Å²) in [6.45, 7) is 0.374. The predicted molar refractivity (Wildman–Crippen MR) is 85.7 cm³/mol. The Morgan fingerprint density at radius 2 is 1.96 bits per heavy atom. The topological polar surface area (TPSA) is 63.9 Å². The van der Waals surface area contributed by atoms with Gasteiger partial charge in [-0.1, -0.05) is 24.3 Å². The molecule has 0 N–H and O–H groups in total. The van der Waals surface area contributed by atoms with Crippen molar-refractivity contribution in [3.8, 4) is 5.69 Å². The van der Waals surface area contributed by atoms with Gasteiger partial charge in [0.2, 0.25) is 5.91 Å². The zero-order valence-electron chi connectivity index (χ0n) is 13.1. The van der Waals surface area contributed by atoms with E-state index in [2.05, 4.69) is 15.5 Å². The predicted octanol–water partition coefficient (Wildman–Crippen LogP) is 2.00. The van der Waals surface area contributed by atoms with Gasteiger partial charge in [0.15, 0.2) is 0 Å². The number of carbonyl (C=O) groups excluding carboxylic acids is 1. The fourth-order valence-electron chi connectivity index (χ4n) is 2.35. The van der Waals surface area contributed by atoms with Gasteiger partial charge in [-0.05, 0) is 45.8 Å². The van der Waals surface area contributed by atoms with Gasteiger partial charge in [-0.25, -0.2) is 9.07 Å². The molecule has 0 spiro atoms. The number of halogens is 1. The maximum absolute atomic E-state index is 13.2. The second-order valence-electron chi connectivity index (χ2n) is 5.48. The average Bonchev–Trinajstić information content (AvgIpc) is 3.10. The van der Waals surface area contributed by atoms with Crippen LogP contribution in [-0.2, 0) is 17.8 Å². The maximum Gasteiger partial charge on any atom is 0.227 e. The molecule has 2 aromatic carbocycles. The largest absolute Gasteiger partial charge is 0.341 e. The van der Waals surface area contributed by atoms with Gasteiger partial charge in [-0.2, -0.15) is 0 Å². The maximum atomic E-state index is 13.2. The van der Waals surface area contributed by atoms with E-state index in [4.69, 9.17) is 0 Å². The fourth-order valence-corrected chi connectivity index (χ4v) is 2.35. The van der Waals surface area contributed by atoms with Crippen molar-refractivity contribution >= 4 is 5.91 Å². The molecule has 3 rings (SSSR count). The van der Waals surface area contributed by atoms with Gasteiger partial charge in [0, 0.05) is 13.6 Å². The molecule has 1 aromatic heterocycles. The third-order valence-corrected chi connectivity index (χ3v) is 3.64. The second kappa shape index (κ2) is 6.99. The summed E-state index contributed by atoms with van der Waals surface area (Å²) in [5.74, 6) is -0.332. The van der Waals surface area contributed by atoms with Gasteiger partial charge in [0.05, 0.1) is 12.1 Å². The number of likely N-dealkylation sites (N-methyl/N-ethyl adjacent to an activating group) is 1. The lowest BCUT2D eigenvalue weighted by atomic mass is 10.1. The minimum absolute atomic E-state index is 0.0329. The average molecular weight is 325 g/mol. The molecule has 6 nitrogen and oxygen atoms in total. The molecule has 24 heavy (non-hydrogen) atoms. The number of nitrogens with zero attached hydrogens (tertiary/aromatic N) is 5. The van der Waals surface area contributed by atoms with E-state index in [9.17, 15) is 9.18 Å². The number of carbonyl (C=O) groups is 1. The van der Waals surface area contributed by atoms with Crippen LogP contribution in [0.5, 0.6) is 0 Å². The smallest absolute Gasteiger partial charge is 0.227 e. The number of aromatic nitrogens is 4. The summed E-state index contributed by atoms with van der Waals surface area (Å²) >= 11 is 0. The monoisotopic (exact) mass is 325 g/mol. The van der Waals surface area contributed by atoms with Crippen molar-refractivity contribution in [1.82, 2.24) is 25.1 Å². The molecule has 0 atom stereocenters. The van der Waals surface area contributed by atoms with E-state index in [-0.39, 0.29) is 18.1 Å². The Balaban J connectivity index is 1.61. The summed E-state index contributed by atoms with van der Waals surface area (Å²) in [5.41, 5.74) is 2.48. The molecule has 1 amide bonds. The molecular weight excluding hydrogens is 309 g/mol. The first-order chi connectivity index (χ1) is 11.6. The molecule has 0 aliphatic rings. The third-order valence-electron chi connectivity index (χ3n) is 3.64. The van der Waals surface area contributed by atoms with Crippen LogP contribution in [0.25, 0.3) is 5.69 Å². The Morgan fingerprint density at radius 3 is 2.62 bits per heavy atom. The first-order valence-electron chi connectivity index (χ1n) is 7.42. The number of benzene rings is 2. The summed E-state index contributed by atoms with van der Waals surface area (Å²) in [7, 11) is 1.71. The minimum atomic E-state index is -0.300. The number of amides is 1. The molecule has 0 fully saturated rings. The Bertz CT molecular complexity index is 817. The number of hydrogen-bond acceptors (Lipinski definition) is 4. The SMILES string of the molecule is CN(Cc1cccc(F)c1)C(=O)Cc1ccc(-n2cnnn2)cc1. The van der Waals surface area contributed by atoms with E-state index < -0.39 is 0 Å². The van der Waals surface area contributed by atoms with E-state index in [0.717, 1.165) is 16.8 Å². The van der Waals surface area contributed by atoms with E-state index in [1.807, 2.05) is 24.3 Å². The molecule has 7 heteroatoms. The quantitative estimate of drug-likeness (QED) is 0.720. The van der Waals surface area contributed by atoms with Gasteiger partial charge in [0.1, 0.15) is 12.1 Å². The number of rotatable bonds is 5. The van der Waals surface area contributed by atoms with E-state index in [0.29, 0.717) is 6.54 Å². The van der Waals surface area contributed by atoms with Crippen LogP contribution in [0.3, 0.4) is 0 Å². The summed E-state index contributed by atoms with van der Waals surface area (Å²) in [6, 6.07) is 13.7. The second-order valence-corrected chi connectivity index (χ2v) is 5.48. The van der Waals surface area contributed by atoms with E-state index in [1.54, 1.807) is 28.8 Å². The summed E-state index contributed by atoms with van der Waals surface area (Å²) < 4.78 is 14.7. The van der Waals surface area contributed by atoms with Crippen molar-refractivity contribution < 1.29 is 9.18 Å². The van der Waals surface area contributed by atoms with Crippen LogP contribution < -0.4 is 0 Å². The van der Waals surface area contributed by atoms with Crippen LogP contribution in [0, 0.1) is 5.82 Å². The molecule has 122 valence electrons. The zero-order valence-corrected chi connectivity index (χ0v) is 13.1. The summed E-state index contributed by atoms with van der Waals surface area (Å²) in [5, 5.41) is 11.0. The van der Waals surface area contributed by atoms with Gasteiger partial charge < -0.3 is 4.90 Å². The Labute approximate surface area is 138 Å². The van der Waals surface area contributed by atoms with Crippen LogP contribution in [0.1, 0.15) is 11.1 Å². The third kappa shape index (κ3) is 3.81. The summed E-state index contributed by atoms with van der Waals surface area (Å²) in [4.78, 5) is 13.9. The van der Waals surface area contributed by atoms with Crippen molar-refractivity contribution in [2.45, 2.75) is 13.0 Å². The van der Waals surface area contributed by atoms with Gasteiger partial charge >= 0.3 is 0 Å². The highest BCUT2D eigenvalue weighted by Gasteiger charge is 2.11. The first kappa shape index (κ1) is 15.8. The van der Waals surface area contributed by atoms with Gasteiger partial charge in [0.25, 0.3) is 0 Å². The van der Waals surface area contributed by atoms with Crippen molar-refractivity contribution in [3.05, 3.63) is 71.8 Å². The molecule has 0 unspecified atom stereocenters. The van der Waals surface area contributed by atoms with Crippen LogP contribution in [0.15, 0.2) is 54.9 Å². The standard InChI is InChI=1S/C17H16FN5O/c1-22(11-14-3-2-4-15(18)9-14)17(24)10-13-5-7-16(8-6-13)23-12-19-20-21-23/h2-9,12H,10-11H2,1H3. The molecule has 0 radical (unpaired) electrons. The Kier molecular flexibility index (Phi) is 4.60. The van der Waals surface area contributed by atoms with Crippen LogP contribution >= 0.6 is 0 Å². The Morgan fingerprint density at radius 1 is 1.17 bits per heavy atom. The van der Waals surface area contributed by atoms with Gasteiger partial charge in [-0.3, -0.25) is 4.79 Å². The van der Waals surface area contributed by atoms with Crippen molar-refractivity contribution in [2.24, 2.45) is 0 Å². The van der Waals surface area contributed by atoms with E-state index in [1.165, 1.54) is 18.5 Å². The van der Waals surface area contributed by atoms with E-state index >= 15 is 0 Å². The highest BCUT2D eigenvalue weighted by Crippen LogP contribution is 2.11. The molecule has 0 aliphatic carbocycles. The highest BCUT2D eigenvalue weighted by atomic mass is 19.1. The first-order valence-corrected chi connectivity index (χ1v) is 7.42. The normalized spacial score (nSPS) is 10.6. The molecule has 0 aliphatic heterocycles. The number of tetrazole rings is 1. The molecule has 0 saturated carbocycles. The van der Waals surface area contributed by atoms with Crippen molar-refractivity contribution in [1.29, 1.82) is 0 Å². The minimum Gasteiger partial charge on any atom is -0.341 e. The van der Waals surface area contributed by atoms with Crippen LogP contribution in [0.2, 0.25) is 0 Å². The molecule has 0 saturated heterocycles. The Hall–Kier alpha value is -3.09. The van der Waals surface area contributed by atoms with Crippen molar-refractivity contribution in [2.75, 3.05) is 7.05 Å². The molecular formula is C17H16FN5O.